The second-order valence-corrected chi connectivity index (χ2v) is 5.62. The summed E-state index contributed by atoms with van der Waals surface area (Å²) in [6.07, 6.45) is 0. The number of hydrogen-bond donors (Lipinski definition) is 0. The lowest BCUT2D eigenvalue weighted by atomic mass is 10.1. The topological polar surface area (TPSA) is 39.4 Å². The van der Waals surface area contributed by atoms with Crippen LogP contribution in [0.15, 0.2) is 51.8 Å². The van der Waals surface area contributed by atoms with Crippen molar-refractivity contribution in [3.05, 3.63) is 48.0 Å². The van der Waals surface area contributed by atoms with Gasteiger partial charge in [-0.2, -0.15) is 0 Å². The fourth-order valence-electron chi connectivity index (χ4n) is 2.37. The molecule has 3 aromatic rings. The molecule has 0 N–H and O–H groups in total. The first-order valence-electron chi connectivity index (χ1n) is 5.97. The summed E-state index contributed by atoms with van der Waals surface area (Å²) in [5.74, 6) is 1.25. The number of para-hydroxylation sites is 1. The quantitative estimate of drug-likeness (QED) is 0.623. The van der Waals surface area contributed by atoms with Crippen LogP contribution in [0.4, 0.5) is 0 Å². The minimum Gasteiger partial charge on any atom is -0.454 e. The van der Waals surface area contributed by atoms with E-state index in [9.17, 15) is 4.21 Å². The molecule has 1 aliphatic rings. The summed E-state index contributed by atoms with van der Waals surface area (Å²) in [6.45, 7) is 2.00. The highest BCUT2D eigenvalue weighted by Crippen LogP contribution is 2.44. The number of aryl methyl sites for hydroxylation is 1. The van der Waals surface area contributed by atoms with Gasteiger partial charge in [-0.3, -0.25) is 0 Å². The fourth-order valence-corrected chi connectivity index (χ4v) is 3.42. The van der Waals surface area contributed by atoms with Gasteiger partial charge >= 0.3 is 0 Å². The Labute approximate surface area is 112 Å². The number of furan rings is 1. The van der Waals surface area contributed by atoms with E-state index in [2.05, 4.69) is 0 Å². The first-order chi connectivity index (χ1) is 9.24. The molecule has 0 saturated heterocycles. The van der Waals surface area contributed by atoms with E-state index in [-0.39, 0.29) is 0 Å². The van der Waals surface area contributed by atoms with Gasteiger partial charge in [0.1, 0.15) is 10.5 Å². The highest BCUT2D eigenvalue weighted by atomic mass is 32.2. The molecule has 2 aromatic carbocycles. The lowest BCUT2D eigenvalue weighted by Gasteiger charge is -2.14. The molecule has 19 heavy (non-hydrogen) atoms. The zero-order valence-corrected chi connectivity index (χ0v) is 11.0. The van der Waals surface area contributed by atoms with Crippen LogP contribution < -0.4 is 4.18 Å². The zero-order valence-electron chi connectivity index (χ0n) is 10.2. The molecule has 1 aromatic heterocycles. The maximum absolute atomic E-state index is 12.2. The van der Waals surface area contributed by atoms with E-state index >= 15 is 0 Å². The molecule has 1 unspecified atom stereocenters. The molecule has 4 rings (SSSR count). The van der Waals surface area contributed by atoms with Crippen molar-refractivity contribution >= 4 is 22.0 Å². The Morgan fingerprint density at radius 1 is 1.11 bits per heavy atom. The molecule has 2 heterocycles. The lowest BCUT2D eigenvalue weighted by Crippen LogP contribution is -2.07. The Morgan fingerprint density at radius 2 is 1.95 bits per heavy atom. The molecule has 94 valence electrons. The maximum Gasteiger partial charge on any atom is 0.245 e. The van der Waals surface area contributed by atoms with Crippen molar-refractivity contribution in [1.82, 2.24) is 0 Å². The molecule has 0 saturated carbocycles. The lowest BCUT2D eigenvalue weighted by molar-refractivity contribution is 0.545. The first kappa shape index (κ1) is 10.8. The second kappa shape index (κ2) is 3.71. The average molecular weight is 270 g/mol. The third-order valence-electron chi connectivity index (χ3n) is 3.26. The molecule has 0 amide bonds. The number of rotatable bonds is 0. The van der Waals surface area contributed by atoms with Crippen molar-refractivity contribution in [2.75, 3.05) is 0 Å². The van der Waals surface area contributed by atoms with Crippen molar-refractivity contribution in [3.8, 4) is 17.1 Å². The molecule has 0 bridgehead atoms. The first-order valence-corrected chi connectivity index (χ1v) is 7.04. The Morgan fingerprint density at radius 3 is 2.84 bits per heavy atom. The SMILES string of the molecule is Cc1ccc2c3c(oc2c1)-c1ccccc1OS3=O. The van der Waals surface area contributed by atoms with E-state index in [1.165, 1.54) is 0 Å². The highest BCUT2D eigenvalue weighted by Gasteiger charge is 2.29. The summed E-state index contributed by atoms with van der Waals surface area (Å²) in [5.41, 5.74) is 2.71. The predicted molar refractivity (Wildman–Crippen MR) is 73.4 cm³/mol. The Hall–Kier alpha value is -2.07. The van der Waals surface area contributed by atoms with Gasteiger partial charge in [0.25, 0.3) is 0 Å². The zero-order chi connectivity index (χ0) is 13.0. The van der Waals surface area contributed by atoms with E-state index in [0.717, 1.165) is 22.1 Å². The smallest absolute Gasteiger partial charge is 0.245 e. The number of hydrogen-bond acceptors (Lipinski definition) is 3. The molecule has 0 radical (unpaired) electrons. The van der Waals surface area contributed by atoms with Crippen molar-refractivity contribution in [2.24, 2.45) is 0 Å². The molecule has 3 nitrogen and oxygen atoms in total. The Kier molecular flexibility index (Phi) is 2.11. The van der Waals surface area contributed by atoms with E-state index in [1.807, 2.05) is 43.3 Å². The molecular weight excluding hydrogens is 260 g/mol. The van der Waals surface area contributed by atoms with E-state index in [4.69, 9.17) is 8.60 Å². The highest BCUT2D eigenvalue weighted by molar-refractivity contribution is 7.81. The summed E-state index contributed by atoms with van der Waals surface area (Å²) in [6, 6.07) is 13.4. The van der Waals surface area contributed by atoms with Crippen LogP contribution in [0.2, 0.25) is 0 Å². The van der Waals surface area contributed by atoms with E-state index in [0.29, 0.717) is 16.4 Å². The van der Waals surface area contributed by atoms with Crippen LogP contribution in [-0.4, -0.2) is 4.21 Å². The minimum absolute atomic E-state index is 0.601. The molecule has 0 spiro atoms. The van der Waals surface area contributed by atoms with Crippen LogP contribution >= 0.6 is 0 Å². The third-order valence-corrected chi connectivity index (χ3v) is 4.33. The van der Waals surface area contributed by atoms with Gasteiger partial charge in [-0.25, -0.2) is 4.21 Å². The Bertz CT molecular complexity index is 833. The summed E-state index contributed by atoms with van der Waals surface area (Å²) < 4.78 is 23.6. The average Bonchev–Trinajstić information content (AvgIpc) is 2.78. The van der Waals surface area contributed by atoms with Gasteiger partial charge in [0.05, 0.1) is 5.56 Å². The molecule has 1 atom stereocenters. The standard InChI is InChI=1S/C15H10O3S/c1-9-6-7-11-13(8-9)17-14-10-4-2-3-5-12(10)18-19(16)15(11)14/h2-8H,1H3. The van der Waals surface area contributed by atoms with Gasteiger partial charge in [0, 0.05) is 5.39 Å². The largest absolute Gasteiger partial charge is 0.454 e. The summed E-state index contributed by atoms with van der Waals surface area (Å²) >= 11 is -1.52. The van der Waals surface area contributed by atoms with Gasteiger partial charge in [-0.1, -0.05) is 18.2 Å². The van der Waals surface area contributed by atoms with Crippen LogP contribution in [0, 0.1) is 6.92 Å². The van der Waals surface area contributed by atoms with Gasteiger partial charge in [0.2, 0.25) is 11.1 Å². The predicted octanol–water partition coefficient (Wildman–Crippen LogP) is 3.82. The van der Waals surface area contributed by atoms with Crippen LogP contribution in [0.25, 0.3) is 22.3 Å². The molecule has 0 aliphatic carbocycles. The van der Waals surface area contributed by atoms with Crippen molar-refractivity contribution in [1.29, 1.82) is 0 Å². The van der Waals surface area contributed by atoms with Crippen LogP contribution in [0.3, 0.4) is 0 Å². The van der Waals surface area contributed by atoms with Gasteiger partial charge in [-0.05, 0) is 36.8 Å². The number of fused-ring (bicyclic) bond motifs is 5. The summed E-state index contributed by atoms with van der Waals surface area (Å²) in [7, 11) is 0. The molecule has 0 fully saturated rings. The number of benzene rings is 2. The molecular formula is C15H10O3S. The van der Waals surface area contributed by atoms with Gasteiger partial charge in [-0.15, -0.1) is 0 Å². The maximum atomic E-state index is 12.2. The fraction of sp³-hybridized carbons (Fsp3) is 0.0667. The summed E-state index contributed by atoms with van der Waals surface area (Å²) in [4.78, 5) is 0.633. The monoisotopic (exact) mass is 270 g/mol. The third kappa shape index (κ3) is 1.47. The Balaban J connectivity index is 2.13. The molecule has 4 heteroatoms. The summed E-state index contributed by atoms with van der Waals surface area (Å²) in [5, 5.41) is 0.855. The van der Waals surface area contributed by atoms with Crippen LogP contribution in [0.5, 0.6) is 5.75 Å². The van der Waals surface area contributed by atoms with Crippen molar-refractivity contribution in [2.45, 2.75) is 11.8 Å². The molecule has 1 aliphatic heterocycles. The van der Waals surface area contributed by atoms with Crippen molar-refractivity contribution in [3.63, 3.8) is 0 Å². The normalized spacial score (nSPS) is 16.8. The van der Waals surface area contributed by atoms with Crippen LogP contribution in [0.1, 0.15) is 5.56 Å². The van der Waals surface area contributed by atoms with Gasteiger partial charge < -0.3 is 8.60 Å². The van der Waals surface area contributed by atoms with Crippen LogP contribution in [-0.2, 0) is 11.1 Å². The van der Waals surface area contributed by atoms with E-state index < -0.39 is 11.1 Å². The van der Waals surface area contributed by atoms with E-state index in [1.54, 1.807) is 6.07 Å². The van der Waals surface area contributed by atoms with Crippen molar-refractivity contribution < 1.29 is 12.8 Å². The second-order valence-electron chi connectivity index (χ2n) is 4.57. The van der Waals surface area contributed by atoms with Gasteiger partial charge in [0.15, 0.2) is 11.5 Å². The minimum atomic E-state index is -1.52.